The third-order valence-electron chi connectivity index (χ3n) is 2.48. The summed E-state index contributed by atoms with van der Waals surface area (Å²) >= 11 is 0. The molecular weight excluding hydrogens is 212 g/mol. The van der Waals surface area contributed by atoms with E-state index in [1.54, 1.807) is 18.7 Å². The molecule has 3 nitrogen and oxygen atoms in total. The van der Waals surface area contributed by atoms with Crippen LogP contribution in [-0.4, -0.2) is 9.97 Å². The second-order valence-corrected chi connectivity index (χ2v) is 3.65. The predicted molar refractivity (Wildman–Crippen MR) is 65.2 cm³/mol. The molecule has 0 unspecified atom stereocenters. The van der Waals surface area contributed by atoms with Gasteiger partial charge in [0.05, 0.1) is 5.56 Å². The fourth-order valence-corrected chi connectivity index (χ4v) is 1.64. The number of rotatable bonds is 2. The molecule has 0 atom stereocenters. The first-order valence-electron chi connectivity index (χ1n) is 5.35. The van der Waals surface area contributed by atoms with E-state index in [1.165, 1.54) is 0 Å². The molecule has 17 heavy (non-hydrogen) atoms. The quantitative estimate of drug-likeness (QED) is 0.667. The molecule has 2 aromatic heterocycles. The highest BCUT2D eigenvalue weighted by atomic mass is 16.3. The van der Waals surface area contributed by atoms with Crippen LogP contribution in [-0.2, 0) is 0 Å². The molecule has 0 bridgehead atoms. The van der Waals surface area contributed by atoms with Crippen LogP contribution in [0.25, 0.3) is 22.7 Å². The normalized spacial score (nSPS) is 10.4. The van der Waals surface area contributed by atoms with Crippen LogP contribution >= 0.6 is 0 Å². The minimum absolute atomic E-state index is 0.594. The molecule has 3 heteroatoms. The van der Waals surface area contributed by atoms with E-state index >= 15 is 0 Å². The number of pyridine rings is 1. The minimum Gasteiger partial charge on any atom is -0.444 e. The summed E-state index contributed by atoms with van der Waals surface area (Å²) in [6.07, 6.45) is 5.13. The first-order valence-corrected chi connectivity index (χ1v) is 5.35. The molecule has 0 radical (unpaired) electrons. The maximum absolute atomic E-state index is 5.45. The van der Waals surface area contributed by atoms with Gasteiger partial charge >= 0.3 is 0 Å². The fourth-order valence-electron chi connectivity index (χ4n) is 1.64. The topological polar surface area (TPSA) is 38.9 Å². The number of aromatic nitrogens is 2. The van der Waals surface area contributed by atoms with Crippen LogP contribution in [0.4, 0.5) is 0 Å². The van der Waals surface area contributed by atoms with Crippen molar-refractivity contribution in [3.05, 3.63) is 61.1 Å². The zero-order valence-electron chi connectivity index (χ0n) is 9.08. The van der Waals surface area contributed by atoms with Crippen LogP contribution in [0.5, 0.6) is 0 Å². The Morgan fingerprint density at radius 2 is 1.71 bits per heavy atom. The Balaban J connectivity index is 1.99. The van der Waals surface area contributed by atoms with Gasteiger partial charge in [-0.05, 0) is 12.1 Å². The fraction of sp³-hybridized carbons (Fsp3) is 0. The average molecular weight is 222 g/mol. The van der Waals surface area contributed by atoms with E-state index in [0.717, 1.165) is 16.8 Å². The highest BCUT2D eigenvalue weighted by Gasteiger charge is 2.07. The van der Waals surface area contributed by atoms with Crippen molar-refractivity contribution in [2.45, 2.75) is 0 Å². The molecule has 0 aliphatic rings. The van der Waals surface area contributed by atoms with Gasteiger partial charge in [0, 0.05) is 18.0 Å². The summed E-state index contributed by atoms with van der Waals surface area (Å²) in [6, 6.07) is 13.7. The highest BCUT2D eigenvalue weighted by Crippen LogP contribution is 2.23. The Labute approximate surface area is 98.8 Å². The smallest absolute Gasteiger partial charge is 0.228 e. The van der Waals surface area contributed by atoms with Crippen molar-refractivity contribution >= 4 is 0 Å². The molecule has 0 saturated carbocycles. The van der Waals surface area contributed by atoms with Gasteiger partial charge in [0.25, 0.3) is 0 Å². The van der Waals surface area contributed by atoms with Crippen molar-refractivity contribution in [3.63, 3.8) is 0 Å². The van der Waals surface area contributed by atoms with Crippen LogP contribution < -0.4 is 0 Å². The van der Waals surface area contributed by atoms with Gasteiger partial charge in [0.15, 0.2) is 0 Å². The maximum Gasteiger partial charge on any atom is 0.228 e. The zero-order chi connectivity index (χ0) is 11.5. The molecule has 3 rings (SSSR count). The summed E-state index contributed by atoms with van der Waals surface area (Å²) in [5.74, 6) is 0.594. The van der Waals surface area contributed by atoms with Crippen molar-refractivity contribution in [1.29, 1.82) is 0 Å². The molecule has 0 fully saturated rings. The van der Waals surface area contributed by atoms with Crippen molar-refractivity contribution in [2.24, 2.45) is 0 Å². The van der Waals surface area contributed by atoms with Gasteiger partial charge in [-0.15, -0.1) is 0 Å². The van der Waals surface area contributed by atoms with Crippen LogP contribution in [0.2, 0.25) is 0 Å². The van der Waals surface area contributed by atoms with Crippen LogP contribution in [0.3, 0.4) is 0 Å². The van der Waals surface area contributed by atoms with Gasteiger partial charge in [-0.25, -0.2) is 4.98 Å². The van der Waals surface area contributed by atoms with E-state index in [-0.39, 0.29) is 0 Å². The second kappa shape index (κ2) is 4.22. The Hall–Kier alpha value is -2.42. The summed E-state index contributed by atoms with van der Waals surface area (Å²) in [7, 11) is 0. The van der Waals surface area contributed by atoms with Gasteiger partial charge in [-0.3, -0.25) is 4.98 Å². The van der Waals surface area contributed by atoms with Crippen LogP contribution in [0.15, 0.2) is 65.5 Å². The molecule has 0 aliphatic carbocycles. The lowest BCUT2D eigenvalue weighted by molar-refractivity contribution is 0.574. The molecular formula is C14H10N2O. The van der Waals surface area contributed by atoms with Crippen molar-refractivity contribution in [2.75, 3.05) is 0 Å². The summed E-state index contributed by atoms with van der Waals surface area (Å²) < 4.78 is 5.45. The van der Waals surface area contributed by atoms with E-state index in [2.05, 4.69) is 9.97 Å². The van der Waals surface area contributed by atoms with E-state index in [0.29, 0.717) is 5.89 Å². The minimum atomic E-state index is 0.594. The Bertz CT molecular complexity index is 548. The molecule has 82 valence electrons. The Morgan fingerprint density at radius 3 is 2.47 bits per heavy atom. The molecule has 3 aromatic rings. The monoisotopic (exact) mass is 222 g/mol. The second-order valence-electron chi connectivity index (χ2n) is 3.65. The molecule has 0 spiro atoms. The first-order chi connectivity index (χ1) is 8.43. The summed E-state index contributed by atoms with van der Waals surface area (Å²) in [6.45, 7) is 0. The van der Waals surface area contributed by atoms with Gasteiger partial charge in [-0.2, -0.15) is 0 Å². The SMILES string of the molecule is c1ccc(-c2coc(-c3cccnc3)n2)cc1. The largest absolute Gasteiger partial charge is 0.444 e. The molecule has 2 heterocycles. The van der Waals surface area contributed by atoms with Gasteiger partial charge in [-0.1, -0.05) is 30.3 Å². The predicted octanol–water partition coefficient (Wildman–Crippen LogP) is 3.40. The third kappa shape index (κ3) is 1.95. The first kappa shape index (κ1) is 9.78. The van der Waals surface area contributed by atoms with E-state index in [4.69, 9.17) is 4.42 Å². The molecule has 0 aliphatic heterocycles. The molecule has 0 amide bonds. The molecule has 0 saturated heterocycles. The molecule has 0 N–H and O–H groups in total. The van der Waals surface area contributed by atoms with Gasteiger partial charge in [0.2, 0.25) is 5.89 Å². The summed E-state index contributed by atoms with van der Waals surface area (Å²) in [5, 5.41) is 0. The van der Waals surface area contributed by atoms with Crippen molar-refractivity contribution in [3.8, 4) is 22.7 Å². The number of hydrogen-bond acceptors (Lipinski definition) is 3. The number of nitrogens with zero attached hydrogens (tertiary/aromatic N) is 2. The van der Waals surface area contributed by atoms with Crippen LogP contribution in [0, 0.1) is 0 Å². The highest BCUT2D eigenvalue weighted by molar-refractivity contribution is 5.61. The Morgan fingerprint density at radius 1 is 0.882 bits per heavy atom. The lowest BCUT2D eigenvalue weighted by Gasteiger charge is -1.93. The number of oxazole rings is 1. The van der Waals surface area contributed by atoms with E-state index in [1.807, 2.05) is 42.5 Å². The Kier molecular flexibility index (Phi) is 2.43. The molecule has 1 aromatic carbocycles. The van der Waals surface area contributed by atoms with Crippen molar-refractivity contribution in [1.82, 2.24) is 9.97 Å². The number of benzene rings is 1. The van der Waals surface area contributed by atoms with E-state index in [9.17, 15) is 0 Å². The van der Waals surface area contributed by atoms with Crippen LogP contribution in [0.1, 0.15) is 0 Å². The lowest BCUT2D eigenvalue weighted by Crippen LogP contribution is -1.80. The standard InChI is InChI=1S/C14H10N2O/c1-2-5-11(6-3-1)13-10-17-14(16-13)12-7-4-8-15-9-12/h1-10H. The van der Waals surface area contributed by atoms with Crippen molar-refractivity contribution < 1.29 is 4.42 Å². The maximum atomic E-state index is 5.45. The summed E-state index contributed by atoms with van der Waals surface area (Å²) in [4.78, 5) is 8.49. The lowest BCUT2D eigenvalue weighted by atomic mass is 10.2. The van der Waals surface area contributed by atoms with E-state index < -0.39 is 0 Å². The average Bonchev–Trinajstić information content (AvgIpc) is 2.90. The summed E-state index contributed by atoms with van der Waals surface area (Å²) in [5.41, 5.74) is 2.77. The zero-order valence-corrected chi connectivity index (χ0v) is 9.08. The van der Waals surface area contributed by atoms with Gasteiger partial charge in [0.1, 0.15) is 12.0 Å². The van der Waals surface area contributed by atoms with Gasteiger partial charge < -0.3 is 4.42 Å². The number of hydrogen-bond donors (Lipinski definition) is 0. The third-order valence-corrected chi connectivity index (χ3v) is 2.48.